The number of H-pyrrole nitrogens is 1. The van der Waals surface area contributed by atoms with Gasteiger partial charge in [-0.25, -0.2) is 0 Å². The predicted octanol–water partition coefficient (Wildman–Crippen LogP) is 4.88. The number of nitrogens with one attached hydrogen (secondary N) is 2. The molecular weight excluding hydrogens is 378 g/mol. The molecule has 0 radical (unpaired) electrons. The molecule has 1 fully saturated rings. The van der Waals surface area contributed by atoms with Crippen LogP contribution in [0.4, 0.5) is 5.69 Å². The molecule has 1 amide bonds. The summed E-state index contributed by atoms with van der Waals surface area (Å²) in [5.74, 6) is 1.42. The standard InChI is InChI=1S/C21H20ClN3O3/c1-27-16-10-7-14(11-17(16)28-2)19-20(18(24-25-19)12-3-4-12)23-21(26)13-5-8-15(22)9-6-13/h5-12H,3-4H2,1-2H3,(H,23,26)(H,24,25). The Kier molecular flexibility index (Phi) is 4.96. The predicted molar refractivity (Wildman–Crippen MR) is 109 cm³/mol. The largest absolute Gasteiger partial charge is 0.493 e. The maximum absolute atomic E-state index is 12.8. The molecule has 1 aliphatic carbocycles. The molecule has 28 heavy (non-hydrogen) atoms. The number of hydrogen-bond acceptors (Lipinski definition) is 4. The van der Waals surface area contributed by atoms with Crippen molar-refractivity contribution in [2.24, 2.45) is 0 Å². The van der Waals surface area contributed by atoms with Crippen LogP contribution in [0.3, 0.4) is 0 Å². The summed E-state index contributed by atoms with van der Waals surface area (Å²) in [5.41, 5.74) is 3.68. The van der Waals surface area contributed by atoms with Crippen LogP contribution >= 0.6 is 11.6 Å². The molecule has 4 rings (SSSR count). The highest BCUT2D eigenvalue weighted by molar-refractivity contribution is 6.30. The van der Waals surface area contributed by atoms with Gasteiger partial charge in [-0.3, -0.25) is 9.89 Å². The summed E-state index contributed by atoms with van der Waals surface area (Å²) in [6.45, 7) is 0. The van der Waals surface area contributed by atoms with Crippen molar-refractivity contribution in [2.45, 2.75) is 18.8 Å². The third-order valence-corrected chi connectivity index (χ3v) is 5.03. The number of rotatable bonds is 6. The van der Waals surface area contributed by atoms with Crippen LogP contribution in [0.15, 0.2) is 42.5 Å². The van der Waals surface area contributed by atoms with Gasteiger partial charge in [0.25, 0.3) is 5.91 Å². The normalized spacial score (nSPS) is 13.2. The van der Waals surface area contributed by atoms with Gasteiger partial charge in [0, 0.05) is 22.1 Å². The highest BCUT2D eigenvalue weighted by Crippen LogP contribution is 2.45. The molecule has 6 nitrogen and oxygen atoms in total. The molecule has 1 heterocycles. The van der Waals surface area contributed by atoms with Crippen molar-refractivity contribution in [2.75, 3.05) is 19.5 Å². The number of anilines is 1. The number of benzene rings is 2. The highest BCUT2D eigenvalue weighted by Gasteiger charge is 2.31. The van der Waals surface area contributed by atoms with Gasteiger partial charge in [0.15, 0.2) is 11.5 Å². The van der Waals surface area contributed by atoms with Crippen LogP contribution < -0.4 is 14.8 Å². The Bertz CT molecular complexity index is 1010. The third kappa shape index (κ3) is 3.55. The lowest BCUT2D eigenvalue weighted by atomic mass is 10.1. The molecule has 1 saturated carbocycles. The summed E-state index contributed by atoms with van der Waals surface area (Å²) >= 11 is 5.92. The summed E-state index contributed by atoms with van der Waals surface area (Å²) < 4.78 is 10.7. The molecule has 1 aromatic heterocycles. The highest BCUT2D eigenvalue weighted by atomic mass is 35.5. The van der Waals surface area contributed by atoms with Crippen molar-refractivity contribution >= 4 is 23.2 Å². The zero-order valence-corrected chi connectivity index (χ0v) is 16.3. The van der Waals surface area contributed by atoms with Crippen LogP contribution in [-0.2, 0) is 0 Å². The molecular formula is C21H20ClN3O3. The minimum Gasteiger partial charge on any atom is -0.493 e. The number of methoxy groups -OCH3 is 2. The molecule has 2 N–H and O–H groups in total. The minimum atomic E-state index is -0.207. The van der Waals surface area contributed by atoms with E-state index in [1.807, 2.05) is 18.2 Å². The molecule has 0 unspecified atom stereocenters. The first-order chi connectivity index (χ1) is 13.6. The third-order valence-electron chi connectivity index (χ3n) is 4.78. The second-order valence-electron chi connectivity index (χ2n) is 6.67. The van der Waals surface area contributed by atoms with Crippen molar-refractivity contribution in [3.63, 3.8) is 0 Å². The fourth-order valence-electron chi connectivity index (χ4n) is 3.13. The second kappa shape index (κ2) is 7.56. The van der Waals surface area contributed by atoms with E-state index in [0.29, 0.717) is 39.4 Å². The van der Waals surface area contributed by atoms with E-state index in [4.69, 9.17) is 21.1 Å². The lowest BCUT2D eigenvalue weighted by Gasteiger charge is -2.11. The zero-order chi connectivity index (χ0) is 19.7. The quantitative estimate of drug-likeness (QED) is 0.621. The van der Waals surface area contributed by atoms with Crippen molar-refractivity contribution in [3.05, 3.63) is 58.7 Å². The molecule has 0 atom stereocenters. The van der Waals surface area contributed by atoms with Crippen LogP contribution in [0.25, 0.3) is 11.3 Å². The Morgan fingerprint density at radius 1 is 1.11 bits per heavy atom. The average Bonchev–Trinajstić information content (AvgIpc) is 3.48. The molecule has 3 aromatic rings. The summed E-state index contributed by atoms with van der Waals surface area (Å²) in [7, 11) is 3.18. The Hall–Kier alpha value is -2.99. The monoisotopic (exact) mass is 397 g/mol. The first-order valence-electron chi connectivity index (χ1n) is 8.98. The van der Waals surface area contributed by atoms with Gasteiger partial charge < -0.3 is 14.8 Å². The van der Waals surface area contributed by atoms with Crippen LogP contribution in [0.1, 0.15) is 34.8 Å². The Morgan fingerprint density at radius 3 is 2.46 bits per heavy atom. The van der Waals surface area contributed by atoms with Gasteiger partial charge >= 0.3 is 0 Å². The number of carbonyl (C=O) groups excluding carboxylic acids is 1. The van der Waals surface area contributed by atoms with Gasteiger partial charge in [-0.2, -0.15) is 5.10 Å². The first-order valence-corrected chi connectivity index (χ1v) is 9.36. The number of nitrogens with zero attached hydrogens (tertiary/aromatic N) is 1. The number of amides is 1. The lowest BCUT2D eigenvalue weighted by molar-refractivity contribution is 0.102. The van der Waals surface area contributed by atoms with E-state index in [1.165, 1.54) is 0 Å². The Balaban J connectivity index is 1.71. The topological polar surface area (TPSA) is 76.2 Å². The van der Waals surface area contributed by atoms with Gasteiger partial charge in [0.05, 0.1) is 25.6 Å². The molecule has 0 saturated heterocycles. The number of halogens is 1. The van der Waals surface area contributed by atoms with Gasteiger partial charge in [-0.05, 0) is 55.3 Å². The van der Waals surface area contributed by atoms with Crippen molar-refractivity contribution in [1.82, 2.24) is 10.2 Å². The fourth-order valence-corrected chi connectivity index (χ4v) is 3.25. The Morgan fingerprint density at radius 2 is 1.82 bits per heavy atom. The van der Waals surface area contributed by atoms with Crippen LogP contribution in [0, 0.1) is 0 Å². The van der Waals surface area contributed by atoms with Crippen molar-refractivity contribution in [3.8, 4) is 22.8 Å². The summed E-state index contributed by atoms with van der Waals surface area (Å²) in [6, 6.07) is 12.4. The zero-order valence-electron chi connectivity index (χ0n) is 15.6. The van der Waals surface area contributed by atoms with Gasteiger partial charge in [-0.15, -0.1) is 0 Å². The molecule has 1 aliphatic rings. The van der Waals surface area contributed by atoms with Gasteiger partial charge in [-0.1, -0.05) is 11.6 Å². The number of aromatic amines is 1. The van der Waals surface area contributed by atoms with Crippen LogP contribution in [-0.4, -0.2) is 30.3 Å². The summed E-state index contributed by atoms with van der Waals surface area (Å²) in [5, 5.41) is 11.2. The lowest BCUT2D eigenvalue weighted by Crippen LogP contribution is -2.13. The maximum Gasteiger partial charge on any atom is 0.255 e. The van der Waals surface area contributed by atoms with E-state index < -0.39 is 0 Å². The van der Waals surface area contributed by atoms with E-state index in [-0.39, 0.29) is 5.91 Å². The smallest absolute Gasteiger partial charge is 0.255 e. The minimum absolute atomic E-state index is 0.207. The Labute approximate surface area is 167 Å². The molecule has 2 aromatic carbocycles. The summed E-state index contributed by atoms with van der Waals surface area (Å²) in [6.07, 6.45) is 2.16. The number of aromatic nitrogens is 2. The van der Waals surface area contributed by atoms with Gasteiger partial charge in [0.2, 0.25) is 0 Å². The molecule has 144 valence electrons. The fraction of sp³-hybridized carbons (Fsp3) is 0.238. The van der Waals surface area contributed by atoms with Crippen LogP contribution in [0.2, 0.25) is 5.02 Å². The summed E-state index contributed by atoms with van der Waals surface area (Å²) in [4.78, 5) is 12.8. The molecule has 0 spiro atoms. The van der Waals surface area contributed by atoms with Crippen molar-refractivity contribution in [1.29, 1.82) is 0 Å². The van der Waals surface area contributed by atoms with E-state index in [1.54, 1.807) is 38.5 Å². The van der Waals surface area contributed by atoms with Crippen molar-refractivity contribution < 1.29 is 14.3 Å². The number of carbonyl (C=O) groups is 1. The first kappa shape index (κ1) is 18.4. The number of hydrogen-bond donors (Lipinski definition) is 2. The van der Waals surface area contributed by atoms with E-state index in [9.17, 15) is 4.79 Å². The van der Waals surface area contributed by atoms with Gasteiger partial charge in [0.1, 0.15) is 5.69 Å². The number of ether oxygens (including phenoxy) is 2. The molecule has 0 bridgehead atoms. The second-order valence-corrected chi connectivity index (χ2v) is 7.10. The average molecular weight is 398 g/mol. The van der Waals surface area contributed by atoms with E-state index in [2.05, 4.69) is 15.5 Å². The molecule has 0 aliphatic heterocycles. The van der Waals surface area contributed by atoms with E-state index >= 15 is 0 Å². The SMILES string of the molecule is COc1ccc(-c2n[nH]c(C3CC3)c2NC(=O)c2ccc(Cl)cc2)cc1OC. The van der Waals surface area contributed by atoms with Crippen LogP contribution in [0.5, 0.6) is 11.5 Å². The molecule has 7 heteroatoms. The maximum atomic E-state index is 12.8. The van der Waals surface area contributed by atoms with E-state index in [0.717, 1.165) is 24.1 Å².